The predicted octanol–water partition coefficient (Wildman–Crippen LogP) is 4.65. The molecule has 1 aliphatic heterocycles. The second kappa shape index (κ2) is 7.28. The number of hydrogen-bond donors (Lipinski definition) is 0. The van der Waals surface area contributed by atoms with Crippen LogP contribution in [0.3, 0.4) is 0 Å². The Bertz CT molecular complexity index is 1060. The number of aryl methyl sites for hydroxylation is 2. The number of fused-ring (bicyclic) bond motifs is 1. The lowest BCUT2D eigenvalue weighted by Crippen LogP contribution is -2.29. The van der Waals surface area contributed by atoms with Gasteiger partial charge in [-0.05, 0) is 49.6 Å². The summed E-state index contributed by atoms with van der Waals surface area (Å²) >= 11 is 1.42. The first-order valence-electron chi connectivity index (χ1n) is 9.13. The summed E-state index contributed by atoms with van der Waals surface area (Å²) < 4.78 is 10.7. The monoisotopic (exact) mass is 394 g/mol. The van der Waals surface area contributed by atoms with Crippen molar-refractivity contribution in [2.24, 2.45) is 0 Å². The molecule has 1 amide bonds. The Morgan fingerprint density at radius 2 is 1.89 bits per heavy atom. The standard InChI is InChI=1S/C22H22N2O3S/c1-13-6-5-7-15-10-11-24(19(13)15)22(25)20-14(2)23-21(28-20)16-8-9-17(26-3)18(12-16)27-4/h5-9,12H,10-11H2,1-4H3. The Balaban J connectivity index is 1.69. The van der Waals surface area contributed by atoms with E-state index in [0.29, 0.717) is 22.9 Å². The van der Waals surface area contributed by atoms with Crippen LogP contribution in [0, 0.1) is 13.8 Å². The number of nitrogens with zero attached hydrogens (tertiary/aromatic N) is 2. The fourth-order valence-corrected chi connectivity index (χ4v) is 4.68. The van der Waals surface area contributed by atoms with Crippen molar-refractivity contribution in [3.05, 3.63) is 58.1 Å². The van der Waals surface area contributed by atoms with Gasteiger partial charge in [0.2, 0.25) is 0 Å². The topological polar surface area (TPSA) is 51.7 Å². The van der Waals surface area contributed by atoms with Crippen molar-refractivity contribution < 1.29 is 14.3 Å². The number of carbonyl (C=O) groups is 1. The molecule has 144 valence electrons. The first-order valence-corrected chi connectivity index (χ1v) is 9.95. The first-order chi connectivity index (χ1) is 13.5. The molecule has 0 aliphatic carbocycles. The van der Waals surface area contributed by atoms with Crippen LogP contribution in [0.25, 0.3) is 10.6 Å². The fraction of sp³-hybridized carbons (Fsp3) is 0.273. The van der Waals surface area contributed by atoms with E-state index in [1.807, 2.05) is 30.0 Å². The largest absolute Gasteiger partial charge is 0.493 e. The molecule has 0 saturated carbocycles. The highest BCUT2D eigenvalue weighted by Gasteiger charge is 2.29. The number of benzene rings is 2. The van der Waals surface area contributed by atoms with Gasteiger partial charge in [0, 0.05) is 12.1 Å². The minimum atomic E-state index is 0.0229. The van der Waals surface area contributed by atoms with Gasteiger partial charge in [-0.15, -0.1) is 11.3 Å². The second-order valence-corrected chi connectivity index (χ2v) is 7.79. The number of para-hydroxylation sites is 1. The van der Waals surface area contributed by atoms with Gasteiger partial charge in [-0.1, -0.05) is 18.2 Å². The molecule has 0 bridgehead atoms. The van der Waals surface area contributed by atoms with E-state index in [1.54, 1.807) is 14.2 Å². The number of ether oxygens (including phenoxy) is 2. The smallest absolute Gasteiger partial charge is 0.270 e. The van der Waals surface area contributed by atoms with Crippen molar-refractivity contribution in [1.29, 1.82) is 0 Å². The highest BCUT2D eigenvalue weighted by atomic mass is 32.1. The Hall–Kier alpha value is -2.86. The highest BCUT2D eigenvalue weighted by molar-refractivity contribution is 7.17. The molecule has 5 nitrogen and oxygen atoms in total. The van der Waals surface area contributed by atoms with Crippen LogP contribution in [-0.2, 0) is 6.42 Å². The van der Waals surface area contributed by atoms with E-state index < -0.39 is 0 Å². The van der Waals surface area contributed by atoms with Crippen molar-refractivity contribution in [1.82, 2.24) is 4.98 Å². The molecule has 6 heteroatoms. The lowest BCUT2D eigenvalue weighted by molar-refractivity contribution is 0.0992. The van der Waals surface area contributed by atoms with Crippen LogP contribution >= 0.6 is 11.3 Å². The van der Waals surface area contributed by atoms with Crippen molar-refractivity contribution in [3.8, 4) is 22.1 Å². The summed E-state index contributed by atoms with van der Waals surface area (Å²) in [6.45, 7) is 4.66. The summed E-state index contributed by atoms with van der Waals surface area (Å²) in [5.74, 6) is 1.33. The maximum absolute atomic E-state index is 13.3. The number of rotatable bonds is 4. The van der Waals surface area contributed by atoms with Crippen LogP contribution in [-0.4, -0.2) is 31.7 Å². The van der Waals surface area contributed by atoms with Crippen LogP contribution in [0.15, 0.2) is 36.4 Å². The average Bonchev–Trinajstić information content (AvgIpc) is 3.31. The van der Waals surface area contributed by atoms with E-state index in [4.69, 9.17) is 9.47 Å². The number of hydrogen-bond acceptors (Lipinski definition) is 5. The van der Waals surface area contributed by atoms with Crippen molar-refractivity contribution in [3.63, 3.8) is 0 Å². The summed E-state index contributed by atoms with van der Waals surface area (Å²) in [7, 11) is 3.22. The molecule has 0 radical (unpaired) electrons. The van der Waals surface area contributed by atoms with Gasteiger partial charge in [0.25, 0.3) is 5.91 Å². The molecule has 0 N–H and O–H groups in total. The quantitative estimate of drug-likeness (QED) is 0.646. The summed E-state index contributed by atoms with van der Waals surface area (Å²) in [4.78, 5) is 20.5. The van der Waals surface area contributed by atoms with Gasteiger partial charge in [-0.3, -0.25) is 4.79 Å². The highest BCUT2D eigenvalue weighted by Crippen LogP contribution is 2.37. The van der Waals surface area contributed by atoms with Gasteiger partial charge < -0.3 is 14.4 Å². The van der Waals surface area contributed by atoms with Crippen LogP contribution in [0.2, 0.25) is 0 Å². The zero-order chi connectivity index (χ0) is 19.8. The summed E-state index contributed by atoms with van der Waals surface area (Å²) in [5, 5.41) is 0.797. The molecule has 4 rings (SSSR count). The third-order valence-electron chi connectivity index (χ3n) is 5.06. The Labute approximate surface area is 168 Å². The molecule has 0 saturated heterocycles. The number of carbonyl (C=O) groups excluding carboxylic acids is 1. The van der Waals surface area contributed by atoms with Crippen molar-refractivity contribution >= 4 is 22.9 Å². The third kappa shape index (κ3) is 3.03. The number of amides is 1. The molecule has 0 atom stereocenters. The molecule has 0 unspecified atom stereocenters. The van der Waals surface area contributed by atoms with E-state index >= 15 is 0 Å². The Kier molecular flexibility index (Phi) is 4.81. The second-order valence-electron chi connectivity index (χ2n) is 6.79. The molecule has 0 spiro atoms. The normalized spacial score (nSPS) is 12.8. The zero-order valence-electron chi connectivity index (χ0n) is 16.4. The number of anilines is 1. The van der Waals surface area contributed by atoms with Gasteiger partial charge >= 0.3 is 0 Å². The van der Waals surface area contributed by atoms with Gasteiger partial charge in [0.1, 0.15) is 9.88 Å². The molecular weight excluding hydrogens is 372 g/mol. The van der Waals surface area contributed by atoms with Crippen molar-refractivity contribution in [2.75, 3.05) is 25.7 Å². The predicted molar refractivity (Wildman–Crippen MR) is 112 cm³/mol. The van der Waals surface area contributed by atoms with E-state index in [1.165, 1.54) is 16.9 Å². The average molecular weight is 394 g/mol. The van der Waals surface area contributed by atoms with E-state index in [9.17, 15) is 4.79 Å². The van der Waals surface area contributed by atoms with Gasteiger partial charge in [0.05, 0.1) is 25.6 Å². The maximum Gasteiger partial charge on any atom is 0.270 e. The van der Waals surface area contributed by atoms with E-state index in [2.05, 4.69) is 30.1 Å². The Morgan fingerprint density at radius 1 is 1.11 bits per heavy atom. The fourth-order valence-electron chi connectivity index (χ4n) is 3.66. The van der Waals surface area contributed by atoms with Gasteiger partial charge in [-0.2, -0.15) is 0 Å². The Morgan fingerprint density at radius 3 is 2.64 bits per heavy atom. The van der Waals surface area contributed by atoms with Crippen LogP contribution in [0.5, 0.6) is 11.5 Å². The molecule has 0 fully saturated rings. The number of thiazole rings is 1. The van der Waals surface area contributed by atoms with Crippen LogP contribution < -0.4 is 14.4 Å². The first kappa shape index (κ1) is 18.5. The molecule has 3 aromatic rings. The maximum atomic E-state index is 13.3. The molecule has 28 heavy (non-hydrogen) atoms. The minimum absolute atomic E-state index is 0.0229. The lowest BCUT2D eigenvalue weighted by Gasteiger charge is -2.18. The zero-order valence-corrected chi connectivity index (χ0v) is 17.2. The van der Waals surface area contributed by atoms with Gasteiger partial charge in [0.15, 0.2) is 11.5 Å². The van der Waals surface area contributed by atoms with E-state index in [-0.39, 0.29) is 5.91 Å². The molecular formula is C22H22N2O3S. The molecule has 1 aromatic heterocycles. The SMILES string of the molecule is COc1ccc(-c2nc(C)c(C(=O)N3CCc4cccc(C)c43)s2)cc1OC. The summed E-state index contributed by atoms with van der Waals surface area (Å²) in [5.41, 5.74) is 5.07. The van der Waals surface area contributed by atoms with Crippen LogP contribution in [0.4, 0.5) is 5.69 Å². The summed E-state index contributed by atoms with van der Waals surface area (Å²) in [6, 6.07) is 11.9. The summed E-state index contributed by atoms with van der Waals surface area (Å²) in [6.07, 6.45) is 0.892. The number of methoxy groups -OCH3 is 2. The van der Waals surface area contributed by atoms with E-state index in [0.717, 1.165) is 33.9 Å². The molecule has 1 aliphatic rings. The van der Waals surface area contributed by atoms with Crippen LogP contribution in [0.1, 0.15) is 26.5 Å². The minimum Gasteiger partial charge on any atom is -0.493 e. The molecule has 2 heterocycles. The van der Waals surface area contributed by atoms with Crippen molar-refractivity contribution in [2.45, 2.75) is 20.3 Å². The third-order valence-corrected chi connectivity index (χ3v) is 6.26. The van der Waals surface area contributed by atoms with Gasteiger partial charge in [-0.25, -0.2) is 4.98 Å². The number of aromatic nitrogens is 1. The lowest BCUT2D eigenvalue weighted by atomic mass is 10.1. The molecule has 2 aromatic carbocycles.